The molecule has 0 unspecified atom stereocenters. The number of fused-ring (bicyclic) bond motifs is 5. The Morgan fingerprint density at radius 3 is 2.50 bits per heavy atom. The van der Waals surface area contributed by atoms with E-state index in [0.29, 0.717) is 11.6 Å². The highest BCUT2D eigenvalue weighted by Gasteiger charge is 2.52. The van der Waals surface area contributed by atoms with Crippen LogP contribution < -0.4 is 0 Å². The van der Waals surface area contributed by atoms with Gasteiger partial charge in [0.1, 0.15) is 0 Å². The third-order valence-electron chi connectivity index (χ3n) is 3.49. The fourth-order valence-corrected chi connectivity index (χ4v) is 2.93. The predicted octanol–water partition coefficient (Wildman–Crippen LogP) is 1.26. The summed E-state index contributed by atoms with van der Waals surface area (Å²) in [7, 11) is 0. The standard InChI is InChI=1S/C10H10N2O2/c13-11-8-4-3-5-6-1-2-7(9(5)8)10(6)12-14/h1-7,9,13-14H/b11-8+,12-10-/t5-,6-,7-,9+/m1/s1. The molecule has 0 heterocycles. The molecule has 0 aliphatic heterocycles. The Hall–Kier alpha value is -1.58. The van der Waals surface area contributed by atoms with Crippen LogP contribution in [0.3, 0.4) is 0 Å². The molecule has 2 N–H and O–H groups in total. The topological polar surface area (TPSA) is 65.2 Å². The lowest BCUT2D eigenvalue weighted by Crippen LogP contribution is -2.20. The van der Waals surface area contributed by atoms with Crippen LogP contribution in [0.1, 0.15) is 0 Å². The molecule has 4 nitrogen and oxygen atoms in total. The summed E-state index contributed by atoms with van der Waals surface area (Å²) in [5.74, 6) is 0.823. The van der Waals surface area contributed by atoms with Crippen molar-refractivity contribution in [3.63, 3.8) is 0 Å². The van der Waals surface area contributed by atoms with Gasteiger partial charge in [-0.2, -0.15) is 0 Å². The zero-order valence-corrected chi connectivity index (χ0v) is 7.41. The highest BCUT2D eigenvalue weighted by molar-refractivity contribution is 6.09. The molecule has 3 aliphatic rings. The predicted molar refractivity (Wildman–Crippen MR) is 50.7 cm³/mol. The zero-order chi connectivity index (χ0) is 9.71. The lowest BCUT2D eigenvalue weighted by atomic mass is 9.85. The lowest BCUT2D eigenvalue weighted by molar-refractivity contribution is 0.312. The summed E-state index contributed by atoms with van der Waals surface area (Å²) in [5, 5.41) is 24.3. The highest BCUT2D eigenvalue weighted by Crippen LogP contribution is 2.49. The van der Waals surface area contributed by atoms with Gasteiger partial charge in [-0.1, -0.05) is 28.5 Å². The monoisotopic (exact) mass is 190 g/mol. The summed E-state index contributed by atoms with van der Waals surface area (Å²) in [6.07, 6.45) is 8.01. The first-order valence-electron chi connectivity index (χ1n) is 4.67. The molecule has 4 atom stereocenters. The third-order valence-corrected chi connectivity index (χ3v) is 3.49. The van der Waals surface area contributed by atoms with E-state index < -0.39 is 0 Å². The van der Waals surface area contributed by atoms with Gasteiger partial charge < -0.3 is 10.4 Å². The molecule has 0 aromatic heterocycles. The number of hydrogen-bond acceptors (Lipinski definition) is 4. The van der Waals surface area contributed by atoms with Crippen molar-refractivity contribution in [2.24, 2.45) is 34.0 Å². The first-order chi connectivity index (χ1) is 6.86. The second kappa shape index (κ2) is 2.47. The SMILES string of the molecule is O/N=C1/[C@@H]2C=C[C@@H]1[C@H]1/C(=N/O)C=C[C@@H]12. The molecule has 14 heavy (non-hydrogen) atoms. The van der Waals surface area contributed by atoms with Crippen LogP contribution in [0.4, 0.5) is 0 Å². The van der Waals surface area contributed by atoms with Crippen LogP contribution in [0.5, 0.6) is 0 Å². The minimum Gasteiger partial charge on any atom is -0.411 e. The van der Waals surface area contributed by atoms with E-state index in [1.807, 2.05) is 18.2 Å². The van der Waals surface area contributed by atoms with Crippen LogP contribution in [0, 0.1) is 23.7 Å². The quantitative estimate of drug-likeness (QED) is 0.343. The highest BCUT2D eigenvalue weighted by atomic mass is 16.4. The van der Waals surface area contributed by atoms with Gasteiger partial charge in [-0.15, -0.1) is 0 Å². The number of hydrogen-bond donors (Lipinski definition) is 2. The molecule has 0 amide bonds. The van der Waals surface area contributed by atoms with Crippen molar-refractivity contribution in [2.45, 2.75) is 0 Å². The lowest BCUT2D eigenvalue weighted by Gasteiger charge is -2.17. The van der Waals surface area contributed by atoms with Gasteiger partial charge in [0.2, 0.25) is 0 Å². The summed E-state index contributed by atoms with van der Waals surface area (Å²) in [4.78, 5) is 0. The van der Waals surface area contributed by atoms with Gasteiger partial charge in [-0.25, -0.2) is 0 Å². The van der Waals surface area contributed by atoms with E-state index in [9.17, 15) is 0 Å². The van der Waals surface area contributed by atoms with Gasteiger partial charge in [0.25, 0.3) is 0 Å². The molecule has 3 rings (SSSR count). The van der Waals surface area contributed by atoms with Gasteiger partial charge in [-0.05, 0) is 12.0 Å². The first kappa shape index (κ1) is 7.79. The van der Waals surface area contributed by atoms with Gasteiger partial charge >= 0.3 is 0 Å². The van der Waals surface area contributed by atoms with E-state index in [2.05, 4.69) is 16.4 Å². The maximum Gasteiger partial charge on any atom is 0.0839 e. The van der Waals surface area contributed by atoms with E-state index >= 15 is 0 Å². The maximum absolute atomic E-state index is 8.88. The van der Waals surface area contributed by atoms with E-state index in [1.165, 1.54) is 0 Å². The molecule has 2 bridgehead atoms. The molecule has 0 aromatic rings. The first-order valence-corrected chi connectivity index (χ1v) is 4.67. The van der Waals surface area contributed by atoms with Crippen molar-refractivity contribution >= 4 is 11.4 Å². The molecular formula is C10H10N2O2. The zero-order valence-electron chi connectivity index (χ0n) is 7.41. The second-order valence-electron chi connectivity index (χ2n) is 3.95. The third kappa shape index (κ3) is 0.697. The Balaban J connectivity index is 2.08. The van der Waals surface area contributed by atoms with E-state index in [0.717, 1.165) is 5.71 Å². The minimum atomic E-state index is 0.121. The fraction of sp³-hybridized carbons (Fsp3) is 0.400. The molecule has 4 heteroatoms. The van der Waals surface area contributed by atoms with Crippen molar-refractivity contribution in [3.05, 3.63) is 24.3 Å². The van der Waals surface area contributed by atoms with E-state index in [-0.39, 0.29) is 17.8 Å². The fourth-order valence-electron chi connectivity index (χ4n) is 2.93. The van der Waals surface area contributed by atoms with Crippen molar-refractivity contribution in [2.75, 3.05) is 0 Å². The van der Waals surface area contributed by atoms with Crippen LogP contribution in [0.2, 0.25) is 0 Å². The Labute approximate surface area is 80.9 Å². The van der Waals surface area contributed by atoms with E-state index in [1.54, 1.807) is 0 Å². The normalized spacial score (nSPS) is 48.3. The molecule has 3 aliphatic carbocycles. The van der Waals surface area contributed by atoms with Crippen LogP contribution in [0.15, 0.2) is 34.6 Å². The average molecular weight is 190 g/mol. The van der Waals surface area contributed by atoms with Crippen molar-refractivity contribution in [3.8, 4) is 0 Å². The molecule has 72 valence electrons. The molecule has 0 radical (unpaired) electrons. The van der Waals surface area contributed by atoms with Gasteiger partial charge in [0.05, 0.1) is 11.4 Å². The minimum absolute atomic E-state index is 0.121. The number of allylic oxidation sites excluding steroid dienone is 4. The number of rotatable bonds is 0. The Morgan fingerprint density at radius 1 is 1.00 bits per heavy atom. The van der Waals surface area contributed by atoms with Crippen LogP contribution in [-0.4, -0.2) is 21.8 Å². The van der Waals surface area contributed by atoms with Crippen molar-refractivity contribution < 1.29 is 10.4 Å². The van der Waals surface area contributed by atoms with Crippen LogP contribution in [-0.2, 0) is 0 Å². The Kier molecular flexibility index (Phi) is 1.37. The molecular weight excluding hydrogens is 180 g/mol. The van der Waals surface area contributed by atoms with Crippen molar-refractivity contribution in [1.29, 1.82) is 0 Å². The van der Waals surface area contributed by atoms with Crippen LogP contribution >= 0.6 is 0 Å². The van der Waals surface area contributed by atoms with E-state index in [4.69, 9.17) is 10.4 Å². The van der Waals surface area contributed by atoms with Gasteiger partial charge in [0.15, 0.2) is 0 Å². The molecule has 1 fully saturated rings. The maximum atomic E-state index is 8.88. The Morgan fingerprint density at radius 2 is 1.79 bits per heavy atom. The molecule has 1 saturated carbocycles. The number of nitrogens with zero attached hydrogens (tertiary/aromatic N) is 2. The molecule has 0 aromatic carbocycles. The number of oxime groups is 2. The smallest absolute Gasteiger partial charge is 0.0839 e. The summed E-state index contributed by atoms with van der Waals surface area (Å²) in [6, 6.07) is 0. The average Bonchev–Trinajstić information content (AvgIpc) is 2.87. The van der Waals surface area contributed by atoms with Crippen molar-refractivity contribution in [1.82, 2.24) is 0 Å². The summed E-state index contributed by atoms with van der Waals surface area (Å²) in [6.45, 7) is 0. The summed E-state index contributed by atoms with van der Waals surface area (Å²) < 4.78 is 0. The molecule has 0 spiro atoms. The van der Waals surface area contributed by atoms with Gasteiger partial charge in [0, 0.05) is 17.8 Å². The summed E-state index contributed by atoms with van der Waals surface area (Å²) in [5.41, 5.74) is 1.51. The largest absolute Gasteiger partial charge is 0.411 e. The second-order valence-corrected chi connectivity index (χ2v) is 3.95. The molecule has 0 saturated heterocycles. The van der Waals surface area contributed by atoms with Gasteiger partial charge in [-0.3, -0.25) is 0 Å². The Bertz CT molecular complexity index is 395. The van der Waals surface area contributed by atoms with Crippen LogP contribution in [0.25, 0.3) is 0 Å². The summed E-state index contributed by atoms with van der Waals surface area (Å²) >= 11 is 0.